The van der Waals surface area contributed by atoms with Gasteiger partial charge in [0, 0.05) is 7.05 Å². The number of carbonyl (C=O) groups is 3. The first-order valence-electron chi connectivity index (χ1n) is 8.28. The lowest BCUT2D eigenvalue weighted by Crippen LogP contribution is -2.27. The van der Waals surface area contributed by atoms with Gasteiger partial charge in [-0.3, -0.25) is 9.36 Å². The van der Waals surface area contributed by atoms with Crippen LogP contribution in [0.4, 0.5) is 0 Å². The first-order valence-corrected chi connectivity index (χ1v) is 8.28. The number of carbonyl (C=O) groups excluding carboxylic acids is 3. The summed E-state index contributed by atoms with van der Waals surface area (Å²) in [5, 5.41) is 0. The Morgan fingerprint density at radius 2 is 1.85 bits per heavy atom. The number of imidazole rings is 1. The maximum absolute atomic E-state index is 12.9. The minimum Gasteiger partial charge on any atom is -0.462 e. The van der Waals surface area contributed by atoms with Crippen LogP contribution >= 0.6 is 0 Å². The Labute approximate surface area is 150 Å². The lowest BCUT2D eigenvalue weighted by atomic mass is 10.0. The van der Waals surface area contributed by atoms with Gasteiger partial charge < -0.3 is 14.4 Å². The molecule has 3 rings (SSSR count). The minimum atomic E-state index is -0.569. The van der Waals surface area contributed by atoms with Gasteiger partial charge in [0.1, 0.15) is 6.33 Å². The Hall–Kier alpha value is -3.16. The van der Waals surface area contributed by atoms with Crippen LogP contribution in [-0.4, -0.2) is 52.6 Å². The van der Waals surface area contributed by atoms with E-state index in [9.17, 15) is 14.4 Å². The highest BCUT2D eigenvalue weighted by atomic mass is 16.5. The average Bonchev–Trinajstić information content (AvgIpc) is 3.00. The standard InChI is InChI=1S/C18H19N3O5/c1-4-25-17(23)11-7-6-8-12-14(11)16(22)20(3)9-13-15(18(24)26-5-2)19-10-21(12)13/h6-8,10H,4-5,9H2,1-3H3. The van der Waals surface area contributed by atoms with Gasteiger partial charge in [0.15, 0.2) is 5.69 Å². The Kier molecular flexibility index (Phi) is 4.75. The van der Waals surface area contributed by atoms with E-state index in [0.717, 1.165) is 0 Å². The first kappa shape index (κ1) is 17.7. The van der Waals surface area contributed by atoms with Crippen molar-refractivity contribution in [3.63, 3.8) is 0 Å². The van der Waals surface area contributed by atoms with E-state index in [4.69, 9.17) is 9.47 Å². The Morgan fingerprint density at radius 3 is 2.54 bits per heavy atom. The molecular formula is C18H19N3O5. The number of nitrogens with zero attached hydrogens (tertiary/aromatic N) is 3. The van der Waals surface area contributed by atoms with Crippen LogP contribution in [0.15, 0.2) is 24.5 Å². The zero-order valence-corrected chi connectivity index (χ0v) is 14.8. The lowest BCUT2D eigenvalue weighted by molar-refractivity contribution is 0.0511. The van der Waals surface area contributed by atoms with E-state index in [0.29, 0.717) is 11.4 Å². The molecule has 0 aliphatic carbocycles. The minimum absolute atomic E-state index is 0.154. The third-order valence-corrected chi connectivity index (χ3v) is 4.08. The van der Waals surface area contributed by atoms with Gasteiger partial charge in [0.2, 0.25) is 0 Å². The fraction of sp³-hybridized carbons (Fsp3) is 0.333. The summed E-state index contributed by atoms with van der Waals surface area (Å²) < 4.78 is 11.8. The van der Waals surface area contributed by atoms with Crippen molar-refractivity contribution in [1.29, 1.82) is 0 Å². The summed E-state index contributed by atoms with van der Waals surface area (Å²) in [6.07, 6.45) is 1.46. The molecule has 0 saturated heterocycles. The van der Waals surface area contributed by atoms with Crippen molar-refractivity contribution < 1.29 is 23.9 Å². The van der Waals surface area contributed by atoms with Crippen LogP contribution in [0, 0.1) is 0 Å². The summed E-state index contributed by atoms with van der Waals surface area (Å²) in [5.74, 6) is -1.45. The average molecular weight is 357 g/mol. The number of hydrogen-bond donors (Lipinski definition) is 0. The van der Waals surface area contributed by atoms with Gasteiger partial charge >= 0.3 is 11.9 Å². The zero-order valence-electron chi connectivity index (χ0n) is 14.8. The normalized spacial score (nSPS) is 12.9. The zero-order chi connectivity index (χ0) is 18.8. The van der Waals surface area contributed by atoms with Gasteiger partial charge in [-0.25, -0.2) is 14.6 Å². The number of esters is 2. The van der Waals surface area contributed by atoms with E-state index < -0.39 is 11.9 Å². The lowest BCUT2D eigenvalue weighted by Gasteiger charge is -2.16. The van der Waals surface area contributed by atoms with Crippen molar-refractivity contribution in [2.24, 2.45) is 0 Å². The quantitative estimate of drug-likeness (QED) is 0.775. The monoisotopic (exact) mass is 357 g/mol. The molecule has 0 unspecified atom stereocenters. The highest BCUT2D eigenvalue weighted by Gasteiger charge is 2.32. The summed E-state index contributed by atoms with van der Waals surface area (Å²) in [5.41, 5.74) is 1.56. The topological polar surface area (TPSA) is 90.7 Å². The third-order valence-electron chi connectivity index (χ3n) is 4.08. The second-order valence-corrected chi connectivity index (χ2v) is 5.71. The molecule has 0 saturated carbocycles. The highest BCUT2D eigenvalue weighted by Crippen LogP contribution is 2.28. The van der Waals surface area contributed by atoms with Crippen LogP contribution in [-0.2, 0) is 16.0 Å². The second-order valence-electron chi connectivity index (χ2n) is 5.71. The fourth-order valence-electron chi connectivity index (χ4n) is 2.93. The highest BCUT2D eigenvalue weighted by molar-refractivity contribution is 6.08. The molecule has 2 aromatic rings. The number of amides is 1. The summed E-state index contributed by atoms with van der Waals surface area (Å²) in [7, 11) is 1.60. The van der Waals surface area contributed by atoms with Crippen LogP contribution in [0.25, 0.3) is 5.69 Å². The van der Waals surface area contributed by atoms with E-state index >= 15 is 0 Å². The molecule has 8 heteroatoms. The van der Waals surface area contributed by atoms with Gasteiger partial charge in [-0.05, 0) is 26.0 Å². The van der Waals surface area contributed by atoms with Gasteiger partial charge in [-0.1, -0.05) is 6.07 Å². The molecule has 136 valence electrons. The predicted molar refractivity (Wildman–Crippen MR) is 91.3 cm³/mol. The van der Waals surface area contributed by atoms with E-state index in [2.05, 4.69) is 4.98 Å². The van der Waals surface area contributed by atoms with Gasteiger partial charge in [-0.2, -0.15) is 0 Å². The van der Waals surface area contributed by atoms with Gasteiger partial charge in [-0.15, -0.1) is 0 Å². The molecule has 0 radical (unpaired) electrons. The van der Waals surface area contributed by atoms with Crippen LogP contribution in [0.2, 0.25) is 0 Å². The number of rotatable bonds is 4. The summed E-state index contributed by atoms with van der Waals surface area (Å²) in [4.78, 5) is 43.0. The van der Waals surface area contributed by atoms with E-state index in [1.54, 1.807) is 43.7 Å². The van der Waals surface area contributed by atoms with Crippen molar-refractivity contribution in [3.8, 4) is 5.69 Å². The molecule has 8 nitrogen and oxygen atoms in total. The fourth-order valence-corrected chi connectivity index (χ4v) is 2.93. The van der Waals surface area contributed by atoms with Crippen LogP contribution in [0.3, 0.4) is 0 Å². The third kappa shape index (κ3) is 2.83. The smallest absolute Gasteiger partial charge is 0.358 e. The molecule has 1 aliphatic heterocycles. The number of aromatic nitrogens is 2. The van der Waals surface area contributed by atoms with E-state index in [-0.39, 0.29) is 42.5 Å². The summed E-state index contributed by atoms with van der Waals surface area (Å²) >= 11 is 0. The molecule has 0 spiro atoms. The summed E-state index contributed by atoms with van der Waals surface area (Å²) in [6, 6.07) is 4.92. The Bertz CT molecular complexity index is 887. The molecule has 0 atom stereocenters. The second kappa shape index (κ2) is 6.99. The molecule has 1 aromatic heterocycles. The van der Waals surface area contributed by atoms with Crippen molar-refractivity contribution in [3.05, 3.63) is 47.0 Å². The van der Waals surface area contributed by atoms with Gasteiger partial charge in [0.25, 0.3) is 5.91 Å². The van der Waals surface area contributed by atoms with Crippen LogP contribution in [0.5, 0.6) is 0 Å². The molecule has 1 aliphatic rings. The van der Waals surface area contributed by atoms with Gasteiger partial charge in [0.05, 0.1) is 42.3 Å². The predicted octanol–water partition coefficient (Wildman–Crippen LogP) is 1.81. The SMILES string of the molecule is CCOC(=O)c1cccc2c1C(=O)N(C)Cc1c(C(=O)OCC)ncn1-2. The van der Waals surface area contributed by atoms with Crippen molar-refractivity contribution in [2.45, 2.75) is 20.4 Å². The number of fused-ring (bicyclic) bond motifs is 3. The van der Waals surface area contributed by atoms with Crippen molar-refractivity contribution >= 4 is 17.8 Å². The molecule has 26 heavy (non-hydrogen) atoms. The largest absolute Gasteiger partial charge is 0.462 e. The maximum Gasteiger partial charge on any atom is 0.358 e. The number of hydrogen-bond acceptors (Lipinski definition) is 6. The molecule has 0 bridgehead atoms. The molecule has 0 fully saturated rings. The maximum atomic E-state index is 12.9. The molecular weight excluding hydrogens is 338 g/mol. The molecule has 1 amide bonds. The molecule has 1 aromatic carbocycles. The van der Waals surface area contributed by atoms with E-state index in [1.165, 1.54) is 11.2 Å². The Balaban J connectivity index is 2.21. The Morgan fingerprint density at radius 1 is 1.15 bits per heavy atom. The number of ether oxygens (including phenoxy) is 2. The first-order chi connectivity index (χ1) is 12.5. The molecule has 0 N–H and O–H groups in total. The molecule has 2 heterocycles. The van der Waals surface area contributed by atoms with Crippen molar-refractivity contribution in [2.75, 3.05) is 20.3 Å². The number of benzene rings is 1. The van der Waals surface area contributed by atoms with Crippen LogP contribution < -0.4 is 0 Å². The summed E-state index contributed by atoms with van der Waals surface area (Å²) in [6.45, 7) is 4.00. The van der Waals surface area contributed by atoms with Crippen LogP contribution in [0.1, 0.15) is 50.7 Å². The van der Waals surface area contributed by atoms with Crippen molar-refractivity contribution in [1.82, 2.24) is 14.5 Å². The van der Waals surface area contributed by atoms with E-state index in [1.807, 2.05) is 0 Å².